The van der Waals surface area contributed by atoms with Crippen LogP contribution in [0, 0.1) is 0 Å². The SMILES string of the molecule is CC(Sc1nnc(CN2CCCCC2)n1Cc1ccccc1)C(=O)NC(=O)Nc1ccccc1. The summed E-state index contributed by atoms with van der Waals surface area (Å²) in [7, 11) is 0. The number of thioether (sulfide) groups is 1. The molecule has 1 aliphatic rings. The maximum absolute atomic E-state index is 12.7. The van der Waals surface area contributed by atoms with Crippen molar-refractivity contribution >= 4 is 29.4 Å². The summed E-state index contributed by atoms with van der Waals surface area (Å²) in [6.07, 6.45) is 3.69. The zero-order valence-electron chi connectivity index (χ0n) is 19.3. The van der Waals surface area contributed by atoms with E-state index in [1.807, 2.05) is 36.4 Å². The Bertz CT molecular complexity index is 1080. The second-order valence-corrected chi connectivity index (χ2v) is 9.68. The molecule has 2 heterocycles. The zero-order chi connectivity index (χ0) is 23.8. The summed E-state index contributed by atoms with van der Waals surface area (Å²) < 4.78 is 2.09. The van der Waals surface area contributed by atoms with Crippen LogP contribution in [0.2, 0.25) is 0 Å². The number of aromatic nitrogens is 3. The molecule has 34 heavy (non-hydrogen) atoms. The number of carbonyl (C=O) groups excluding carboxylic acids is 2. The molecule has 0 radical (unpaired) electrons. The van der Waals surface area contributed by atoms with Gasteiger partial charge >= 0.3 is 6.03 Å². The number of hydrogen-bond donors (Lipinski definition) is 2. The predicted molar refractivity (Wildman–Crippen MR) is 134 cm³/mol. The second kappa shape index (κ2) is 11.8. The summed E-state index contributed by atoms with van der Waals surface area (Å²) >= 11 is 1.31. The van der Waals surface area contributed by atoms with E-state index < -0.39 is 11.3 Å². The van der Waals surface area contributed by atoms with Crippen molar-refractivity contribution in [3.05, 3.63) is 72.1 Å². The van der Waals surface area contributed by atoms with Crippen molar-refractivity contribution in [3.8, 4) is 0 Å². The highest BCUT2D eigenvalue weighted by Gasteiger charge is 2.23. The first-order chi connectivity index (χ1) is 16.6. The van der Waals surface area contributed by atoms with Crippen LogP contribution in [0.4, 0.5) is 10.5 Å². The van der Waals surface area contributed by atoms with Gasteiger partial charge in [-0.3, -0.25) is 15.0 Å². The van der Waals surface area contributed by atoms with Gasteiger partial charge in [-0.25, -0.2) is 4.79 Å². The van der Waals surface area contributed by atoms with E-state index in [1.165, 1.54) is 31.0 Å². The predicted octanol–water partition coefficient (Wildman–Crippen LogP) is 4.14. The summed E-state index contributed by atoms with van der Waals surface area (Å²) in [4.78, 5) is 27.3. The molecule has 1 saturated heterocycles. The fraction of sp³-hybridized carbons (Fsp3) is 0.360. The molecule has 1 atom stereocenters. The number of benzene rings is 2. The molecule has 0 spiro atoms. The summed E-state index contributed by atoms with van der Waals surface area (Å²) in [5.74, 6) is 0.507. The average molecular weight is 479 g/mol. The van der Waals surface area contributed by atoms with Crippen LogP contribution in [0.15, 0.2) is 65.8 Å². The molecule has 9 heteroatoms. The number of carbonyl (C=O) groups is 2. The lowest BCUT2D eigenvalue weighted by atomic mass is 10.1. The van der Waals surface area contributed by atoms with E-state index in [2.05, 4.69) is 42.4 Å². The number of amides is 3. The van der Waals surface area contributed by atoms with Gasteiger partial charge in [0.2, 0.25) is 5.91 Å². The number of piperidine rings is 1. The summed E-state index contributed by atoms with van der Waals surface area (Å²) in [5.41, 5.74) is 1.77. The van der Waals surface area contributed by atoms with Gasteiger partial charge in [0.25, 0.3) is 0 Å². The Labute approximate surface area is 204 Å². The minimum absolute atomic E-state index is 0.384. The number of para-hydroxylation sites is 1. The lowest BCUT2D eigenvalue weighted by Crippen LogP contribution is -2.39. The van der Waals surface area contributed by atoms with E-state index in [-0.39, 0.29) is 5.91 Å². The first kappa shape index (κ1) is 24.0. The first-order valence-corrected chi connectivity index (χ1v) is 12.5. The van der Waals surface area contributed by atoms with Crippen molar-refractivity contribution in [2.24, 2.45) is 0 Å². The van der Waals surface area contributed by atoms with Gasteiger partial charge < -0.3 is 9.88 Å². The molecule has 2 N–H and O–H groups in total. The number of likely N-dealkylation sites (tertiary alicyclic amines) is 1. The van der Waals surface area contributed by atoms with Crippen LogP contribution in [-0.2, 0) is 17.9 Å². The Kier molecular flexibility index (Phi) is 8.32. The topological polar surface area (TPSA) is 92.2 Å². The van der Waals surface area contributed by atoms with Gasteiger partial charge in [-0.1, -0.05) is 66.7 Å². The summed E-state index contributed by atoms with van der Waals surface area (Å²) in [5, 5.41) is 14.1. The third kappa shape index (κ3) is 6.68. The molecule has 4 rings (SSSR count). The van der Waals surface area contributed by atoms with Gasteiger partial charge in [0.1, 0.15) is 5.82 Å². The van der Waals surface area contributed by atoms with Crippen LogP contribution in [-0.4, -0.2) is 49.9 Å². The van der Waals surface area contributed by atoms with E-state index in [0.717, 1.165) is 31.0 Å². The number of imide groups is 1. The fourth-order valence-corrected chi connectivity index (χ4v) is 4.74. The number of nitrogens with zero attached hydrogens (tertiary/aromatic N) is 4. The van der Waals surface area contributed by atoms with Gasteiger partial charge in [0, 0.05) is 5.69 Å². The fourth-order valence-electron chi connectivity index (χ4n) is 3.87. The van der Waals surface area contributed by atoms with Crippen molar-refractivity contribution < 1.29 is 9.59 Å². The number of hydrogen-bond acceptors (Lipinski definition) is 6. The number of urea groups is 1. The molecule has 8 nitrogen and oxygen atoms in total. The molecular formula is C25H30N6O2S. The van der Waals surface area contributed by atoms with Gasteiger partial charge in [-0.15, -0.1) is 10.2 Å². The molecule has 0 bridgehead atoms. The van der Waals surface area contributed by atoms with Crippen LogP contribution in [0.5, 0.6) is 0 Å². The maximum atomic E-state index is 12.7. The number of anilines is 1. The van der Waals surface area contributed by atoms with Gasteiger partial charge in [-0.2, -0.15) is 0 Å². The van der Waals surface area contributed by atoms with E-state index in [1.54, 1.807) is 19.1 Å². The van der Waals surface area contributed by atoms with Crippen LogP contribution in [0.3, 0.4) is 0 Å². The lowest BCUT2D eigenvalue weighted by Gasteiger charge is -2.26. The molecule has 3 amide bonds. The van der Waals surface area contributed by atoms with Gasteiger partial charge in [-0.05, 0) is 50.6 Å². The number of rotatable bonds is 8. The molecule has 178 valence electrons. The third-order valence-corrected chi connectivity index (χ3v) is 6.79. The van der Waals surface area contributed by atoms with Crippen molar-refractivity contribution in [1.82, 2.24) is 25.0 Å². The van der Waals surface area contributed by atoms with E-state index >= 15 is 0 Å². The van der Waals surface area contributed by atoms with E-state index in [9.17, 15) is 9.59 Å². The Morgan fingerprint density at radius 2 is 1.62 bits per heavy atom. The molecule has 2 aromatic carbocycles. The van der Waals surface area contributed by atoms with Crippen LogP contribution in [0.25, 0.3) is 0 Å². The molecule has 1 fully saturated rings. The molecule has 1 aliphatic heterocycles. The zero-order valence-corrected chi connectivity index (χ0v) is 20.1. The van der Waals surface area contributed by atoms with Crippen LogP contribution >= 0.6 is 11.8 Å². The van der Waals surface area contributed by atoms with E-state index in [0.29, 0.717) is 17.4 Å². The second-order valence-electron chi connectivity index (χ2n) is 8.38. The molecule has 1 aromatic heterocycles. The Morgan fingerprint density at radius 3 is 2.32 bits per heavy atom. The molecule has 0 saturated carbocycles. The Morgan fingerprint density at radius 1 is 0.941 bits per heavy atom. The van der Waals surface area contributed by atoms with Gasteiger partial charge in [0.05, 0.1) is 18.3 Å². The van der Waals surface area contributed by atoms with Crippen molar-refractivity contribution in [2.45, 2.75) is 49.7 Å². The highest BCUT2D eigenvalue weighted by molar-refractivity contribution is 8.00. The maximum Gasteiger partial charge on any atom is 0.325 e. The third-order valence-electron chi connectivity index (χ3n) is 5.71. The Balaban J connectivity index is 1.44. The van der Waals surface area contributed by atoms with Crippen LogP contribution < -0.4 is 10.6 Å². The number of nitrogens with one attached hydrogen (secondary N) is 2. The highest BCUT2D eigenvalue weighted by atomic mass is 32.2. The first-order valence-electron chi connectivity index (χ1n) is 11.6. The quantitative estimate of drug-likeness (QED) is 0.473. The lowest BCUT2D eigenvalue weighted by molar-refractivity contribution is -0.119. The smallest absolute Gasteiger partial charge is 0.308 e. The molecular weight excluding hydrogens is 448 g/mol. The molecule has 1 unspecified atom stereocenters. The highest BCUT2D eigenvalue weighted by Crippen LogP contribution is 2.25. The average Bonchev–Trinajstić information content (AvgIpc) is 3.21. The Hall–Kier alpha value is -3.17. The largest absolute Gasteiger partial charge is 0.325 e. The van der Waals surface area contributed by atoms with Crippen molar-refractivity contribution in [2.75, 3.05) is 18.4 Å². The minimum Gasteiger partial charge on any atom is -0.308 e. The van der Waals surface area contributed by atoms with Gasteiger partial charge in [0.15, 0.2) is 5.16 Å². The minimum atomic E-state index is -0.555. The van der Waals surface area contributed by atoms with Crippen molar-refractivity contribution in [1.29, 1.82) is 0 Å². The summed E-state index contributed by atoms with van der Waals surface area (Å²) in [6.45, 7) is 5.26. The monoisotopic (exact) mass is 478 g/mol. The van der Waals surface area contributed by atoms with E-state index in [4.69, 9.17) is 0 Å². The normalized spacial score (nSPS) is 15.0. The standard InChI is InChI=1S/C25H30N6O2S/c1-19(23(32)27-24(33)26-21-13-7-3-8-14-21)34-25-29-28-22(18-30-15-9-4-10-16-30)31(25)17-20-11-5-2-6-12-20/h2-3,5-8,11-14,19H,4,9-10,15-18H2,1H3,(H2,26,27,32,33). The molecule has 3 aromatic rings. The van der Waals surface area contributed by atoms with Crippen molar-refractivity contribution in [3.63, 3.8) is 0 Å². The molecule has 0 aliphatic carbocycles. The summed E-state index contributed by atoms with van der Waals surface area (Å²) in [6, 6.07) is 18.6. The van der Waals surface area contributed by atoms with Crippen LogP contribution in [0.1, 0.15) is 37.6 Å².